The van der Waals surface area contributed by atoms with Gasteiger partial charge >= 0.3 is 5.97 Å². The molecule has 4 N–H and O–H groups in total. The van der Waals surface area contributed by atoms with E-state index in [1.165, 1.54) is 18.2 Å². The molecule has 2 aromatic heterocycles. The summed E-state index contributed by atoms with van der Waals surface area (Å²) in [6.07, 6.45) is 1.26. The van der Waals surface area contributed by atoms with E-state index in [1.54, 1.807) is 35.2 Å². The number of aromatic amines is 1. The van der Waals surface area contributed by atoms with Crippen molar-refractivity contribution in [1.29, 1.82) is 0 Å². The van der Waals surface area contributed by atoms with E-state index in [9.17, 15) is 24.3 Å². The van der Waals surface area contributed by atoms with Gasteiger partial charge in [-0.15, -0.1) is 0 Å². The van der Waals surface area contributed by atoms with Crippen LogP contribution in [-0.2, 0) is 18.4 Å². The van der Waals surface area contributed by atoms with Crippen LogP contribution in [0.1, 0.15) is 36.8 Å². The van der Waals surface area contributed by atoms with E-state index in [1.807, 2.05) is 29.9 Å². The standard InChI is InChI=1S/C30H28N6O7/c1-35-8-2-3-25(35)22-12-23(34-33-22)29(39)36-14-24-26(15-36)43-20-6-4-17(5-7-20)13-31-27(37)16-42-21-10-18(28(38)32-24)9-19(11-21)30(40)41/h2-12,24,26H,13-16H2,1H3,(H,31,37)(H,32,38)(H,33,34)(H,40,41)/t24-,26-/m0/s1. The van der Waals surface area contributed by atoms with Crippen LogP contribution in [0.15, 0.2) is 66.9 Å². The molecule has 4 aromatic rings. The molecule has 0 unspecified atom stereocenters. The van der Waals surface area contributed by atoms with Crippen molar-refractivity contribution < 1.29 is 33.8 Å². The highest BCUT2D eigenvalue weighted by atomic mass is 16.5. The molecule has 2 aromatic carbocycles. The molecular weight excluding hydrogens is 556 g/mol. The lowest BCUT2D eigenvalue weighted by molar-refractivity contribution is -0.123. The van der Waals surface area contributed by atoms with Crippen LogP contribution in [0, 0.1) is 0 Å². The van der Waals surface area contributed by atoms with Gasteiger partial charge in [-0.25, -0.2) is 4.79 Å². The number of aryl methyl sites for hydroxylation is 1. The lowest BCUT2D eigenvalue weighted by atomic mass is 10.1. The average Bonchev–Trinajstić information content (AvgIpc) is 3.75. The summed E-state index contributed by atoms with van der Waals surface area (Å²) < 4.78 is 13.7. The van der Waals surface area contributed by atoms with Crippen LogP contribution < -0.4 is 20.1 Å². The Morgan fingerprint density at radius 2 is 1.84 bits per heavy atom. The van der Waals surface area contributed by atoms with Crippen molar-refractivity contribution in [2.75, 3.05) is 19.7 Å². The maximum Gasteiger partial charge on any atom is 0.335 e. The third-order valence-electron chi connectivity index (χ3n) is 7.37. The zero-order valence-corrected chi connectivity index (χ0v) is 23.1. The van der Waals surface area contributed by atoms with Gasteiger partial charge in [-0.1, -0.05) is 12.1 Å². The molecule has 4 bridgehead atoms. The van der Waals surface area contributed by atoms with E-state index in [0.717, 1.165) is 11.3 Å². The van der Waals surface area contributed by atoms with Crippen molar-refractivity contribution >= 4 is 23.7 Å². The minimum absolute atomic E-state index is 0.0212. The molecule has 0 saturated carbocycles. The molecule has 3 amide bonds. The highest BCUT2D eigenvalue weighted by Gasteiger charge is 2.39. The molecular formula is C30H28N6O7. The third-order valence-corrected chi connectivity index (χ3v) is 7.37. The van der Waals surface area contributed by atoms with E-state index >= 15 is 0 Å². The number of aromatic carboxylic acids is 1. The molecule has 13 nitrogen and oxygen atoms in total. The fourth-order valence-electron chi connectivity index (χ4n) is 5.11. The molecule has 0 aliphatic carbocycles. The van der Waals surface area contributed by atoms with Crippen LogP contribution in [-0.4, -0.2) is 80.3 Å². The quantitative estimate of drug-likeness (QED) is 0.283. The largest absolute Gasteiger partial charge is 0.486 e. The van der Waals surface area contributed by atoms with Crippen molar-refractivity contribution in [2.24, 2.45) is 7.05 Å². The zero-order chi connectivity index (χ0) is 30.1. The summed E-state index contributed by atoms with van der Waals surface area (Å²) in [6, 6.07) is 15.8. The summed E-state index contributed by atoms with van der Waals surface area (Å²) >= 11 is 0. The fourth-order valence-corrected chi connectivity index (χ4v) is 5.11. The molecule has 3 aliphatic rings. The molecule has 5 heterocycles. The number of carbonyl (C=O) groups excluding carboxylic acids is 3. The Bertz CT molecular complexity index is 1710. The number of benzene rings is 2. The van der Waals surface area contributed by atoms with Crippen LogP contribution in [0.5, 0.6) is 11.5 Å². The number of likely N-dealkylation sites (tertiary alicyclic amines) is 1. The summed E-state index contributed by atoms with van der Waals surface area (Å²) in [5, 5.41) is 22.4. The Morgan fingerprint density at radius 1 is 1.02 bits per heavy atom. The lowest BCUT2D eigenvalue weighted by Crippen LogP contribution is -2.45. The van der Waals surface area contributed by atoms with E-state index in [0.29, 0.717) is 17.1 Å². The minimum Gasteiger partial charge on any atom is -0.486 e. The van der Waals surface area contributed by atoms with Crippen molar-refractivity contribution in [3.05, 3.63) is 89.2 Å². The SMILES string of the molecule is Cn1cccc1-c1cc(C(=O)N2C[C@@H]3NC(=O)c4cc(cc(C(=O)O)c4)OCC(=O)NCc4ccc(cc4)O[C@H]3C2)[nH]n1. The number of rotatable bonds is 3. The van der Waals surface area contributed by atoms with Crippen molar-refractivity contribution in [3.63, 3.8) is 0 Å². The number of nitrogens with one attached hydrogen (secondary N) is 3. The summed E-state index contributed by atoms with van der Waals surface area (Å²) in [5.74, 6) is -2.00. The smallest absolute Gasteiger partial charge is 0.335 e. The number of fused-ring (bicyclic) bond motifs is 7. The Morgan fingerprint density at radius 3 is 2.58 bits per heavy atom. The van der Waals surface area contributed by atoms with E-state index < -0.39 is 29.9 Å². The first-order chi connectivity index (χ1) is 20.7. The van der Waals surface area contributed by atoms with Gasteiger partial charge in [0.15, 0.2) is 6.61 Å². The molecule has 43 heavy (non-hydrogen) atoms. The first-order valence-corrected chi connectivity index (χ1v) is 13.5. The fraction of sp³-hybridized carbons (Fsp3) is 0.233. The molecule has 220 valence electrons. The second-order valence-electron chi connectivity index (χ2n) is 10.4. The third kappa shape index (κ3) is 5.91. The Balaban J connectivity index is 1.29. The van der Waals surface area contributed by atoms with Crippen molar-refractivity contribution in [1.82, 2.24) is 30.3 Å². The van der Waals surface area contributed by atoms with Gasteiger partial charge in [0, 0.05) is 31.9 Å². The Hall–Kier alpha value is -5.59. The number of ether oxygens (including phenoxy) is 2. The predicted molar refractivity (Wildman–Crippen MR) is 152 cm³/mol. The van der Waals surface area contributed by atoms with Crippen molar-refractivity contribution in [2.45, 2.75) is 18.7 Å². The highest BCUT2D eigenvalue weighted by molar-refractivity contribution is 5.98. The maximum atomic E-state index is 13.5. The first-order valence-electron chi connectivity index (χ1n) is 13.5. The molecule has 3 aliphatic heterocycles. The van der Waals surface area contributed by atoms with Crippen LogP contribution >= 0.6 is 0 Å². The minimum atomic E-state index is -1.26. The number of carboxylic acids is 1. The molecule has 1 fully saturated rings. The molecule has 0 radical (unpaired) electrons. The van der Waals surface area contributed by atoms with Crippen LogP contribution in [0.4, 0.5) is 0 Å². The van der Waals surface area contributed by atoms with Crippen LogP contribution in [0.3, 0.4) is 0 Å². The maximum absolute atomic E-state index is 13.5. The number of nitrogens with zero attached hydrogens (tertiary/aromatic N) is 3. The van der Waals surface area contributed by atoms with Gasteiger partial charge in [-0.05, 0) is 54.1 Å². The molecule has 2 atom stereocenters. The summed E-state index contributed by atoms with van der Waals surface area (Å²) in [5.41, 5.74) is 2.42. The van der Waals surface area contributed by atoms with Crippen molar-refractivity contribution in [3.8, 4) is 22.9 Å². The zero-order valence-electron chi connectivity index (χ0n) is 23.1. The Kier molecular flexibility index (Phi) is 7.28. The molecule has 1 saturated heterocycles. The van der Waals surface area contributed by atoms with Gasteiger partial charge in [0.25, 0.3) is 17.7 Å². The number of H-pyrrole nitrogens is 1. The van der Waals surface area contributed by atoms with Gasteiger partial charge < -0.3 is 34.7 Å². The molecule has 13 heteroatoms. The molecule has 7 rings (SSSR count). The van der Waals surface area contributed by atoms with Gasteiger partial charge in [0.2, 0.25) is 0 Å². The lowest BCUT2D eigenvalue weighted by Gasteiger charge is -2.21. The van der Waals surface area contributed by atoms with Crippen LogP contribution in [0.2, 0.25) is 0 Å². The van der Waals surface area contributed by atoms with Gasteiger partial charge in [-0.2, -0.15) is 5.10 Å². The summed E-state index contributed by atoms with van der Waals surface area (Å²) in [4.78, 5) is 52.6. The number of aromatic nitrogens is 3. The van der Waals surface area contributed by atoms with E-state index in [4.69, 9.17) is 9.47 Å². The summed E-state index contributed by atoms with van der Waals surface area (Å²) in [6.45, 7) is 0.175. The topological polar surface area (TPSA) is 168 Å². The van der Waals surface area contributed by atoms with E-state index in [2.05, 4.69) is 20.8 Å². The van der Waals surface area contributed by atoms with Gasteiger partial charge in [-0.3, -0.25) is 19.5 Å². The predicted octanol–water partition coefficient (Wildman–Crippen LogP) is 1.82. The highest BCUT2D eigenvalue weighted by Crippen LogP contribution is 2.24. The number of carbonyl (C=O) groups is 4. The number of carboxylic acid groups (broad SMARTS) is 1. The van der Waals surface area contributed by atoms with Gasteiger partial charge in [0.05, 0.1) is 23.8 Å². The second kappa shape index (κ2) is 11.4. The van der Waals surface area contributed by atoms with Gasteiger partial charge in [0.1, 0.15) is 29.0 Å². The normalized spacial score (nSPS) is 18.6. The van der Waals surface area contributed by atoms with E-state index in [-0.39, 0.29) is 49.0 Å². The average molecular weight is 585 g/mol. The number of hydrogen-bond acceptors (Lipinski definition) is 7. The number of hydrogen-bond donors (Lipinski definition) is 4. The summed E-state index contributed by atoms with van der Waals surface area (Å²) in [7, 11) is 1.89. The molecule has 0 spiro atoms. The second-order valence-corrected chi connectivity index (χ2v) is 10.4. The monoisotopic (exact) mass is 584 g/mol. The first kappa shape index (κ1) is 27.6. The number of amides is 3. The Labute approximate surface area is 245 Å². The van der Waals surface area contributed by atoms with Crippen LogP contribution in [0.25, 0.3) is 11.4 Å².